The van der Waals surface area contributed by atoms with E-state index in [1.54, 1.807) is 6.92 Å². The van der Waals surface area contributed by atoms with Crippen LogP contribution in [0.25, 0.3) is 0 Å². The van der Waals surface area contributed by atoms with E-state index in [9.17, 15) is 14.4 Å². The number of hydrogen-bond donors (Lipinski definition) is 3. The Hall–Kier alpha value is -1.24. The Morgan fingerprint density at radius 1 is 1.44 bits per heavy atom. The summed E-state index contributed by atoms with van der Waals surface area (Å²) in [4.78, 5) is 32.1. The first-order valence-corrected chi connectivity index (χ1v) is 5.80. The summed E-state index contributed by atoms with van der Waals surface area (Å²) in [7, 11) is 0. The molecular formula is C9H16N2O4S. The number of amides is 2. The maximum absolute atomic E-state index is 10.7. The van der Waals surface area contributed by atoms with Gasteiger partial charge in [0, 0.05) is 6.92 Å². The van der Waals surface area contributed by atoms with Crippen molar-refractivity contribution in [3.8, 4) is 0 Å². The minimum absolute atomic E-state index is 0.261. The molecule has 0 heterocycles. The molecule has 0 aromatic heterocycles. The van der Waals surface area contributed by atoms with E-state index in [1.165, 1.54) is 18.7 Å². The minimum atomic E-state index is -1.08. The Labute approximate surface area is 98.0 Å². The second-order valence-electron chi connectivity index (χ2n) is 3.30. The summed E-state index contributed by atoms with van der Waals surface area (Å²) < 4.78 is 0. The van der Waals surface area contributed by atoms with Gasteiger partial charge in [0.25, 0.3) is 0 Å². The Balaban J connectivity index is 3.99. The predicted octanol–water partition coefficient (Wildman–Crippen LogP) is -0.427. The molecule has 0 fully saturated rings. The van der Waals surface area contributed by atoms with E-state index in [0.717, 1.165) is 0 Å². The average Bonchev–Trinajstić information content (AvgIpc) is 2.14. The maximum Gasteiger partial charge on any atom is 0.326 e. The summed E-state index contributed by atoms with van der Waals surface area (Å²) in [6, 6.07) is -0.912. The van der Waals surface area contributed by atoms with Crippen molar-refractivity contribution in [2.24, 2.45) is 5.73 Å². The van der Waals surface area contributed by atoms with E-state index in [0.29, 0.717) is 5.75 Å². The first-order valence-electron chi connectivity index (χ1n) is 4.75. The van der Waals surface area contributed by atoms with Crippen molar-refractivity contribution < 1.29 is 19.5 Å². The van der Waals surface area contributed by atoms with Crippen LogP contribution < -0.4 is 11.1 Å². The van der Waals surface area contributed by atoms with Crippen LogP contribution in [0.5, 0.6) is 0 Å². The highest BCUT2D eigenvalue weighted by atomic mass is 32.2. The van der Waals surface area contributed by atoms with Crippen molar-refractivity contribution in [2.45, 2.75) is 31.6 Å². The Kier molecular flexibility index (Phi) is 6.55. The molecule has 2 amide bonds. The number of carboxylic acids is 1. The number of carboxylic acid groups (broad SMARTS) is 1. The van der Waals surface area contributed by atoms with Gasteiger partial charge in [-0.2, -0.15) is 0 Å². The highest BCUT2D eigenvalue weighted by Crippen LogP contribution is 2.12. The Bertz CT molecular complexity index is 283. The van der Waals surface area contributed by atoms with Gasteiger partial charge >= 0.3 is 5.97 Å². The third-order valence-electron chi connectivity index (χ3n) is 1.85. The quantitative estimate of drug-likeness (QED) is 0.566. The van der Waals surface area contributed by atoms with E-state index < -0.39 is 17.9 Å². The largest absolute Gasteiger partial charge is 0.480 e. The van der Waals surface area contributed by atoms with Gasteiger partial charge in [-0.05, 0) is 19.1 Å². The smallest absolute Gasteiger partial charge is 0.326 e. The summed E-state index contributed by atoms with van der Waals surface area (Å²) in [5.74, 6) is -1.46. The third-order valence-corrected chi connectivity index (χ3v) is 3.05. The molecule has 7 heteroatoms. The molecule has 0 spiro atoms. The lowest BCUT2D eigenvalue weighted by Gasteiger charge is -2.13. The summed E-state index contributed by atoms with van der Waals surface area (Å²) in [6.07, 6.45) is 0.261. The van der Waals surface area contributed by atoms with Gasteiger partial charge in [0.1, 0.15) is 6.04 Å². The Morgan fingerprint density at radius 3 is 2.38 bits per heavy atom. The van der Waals surface area contributed by atoms with Gasteiger partial charge in [-0.25, -0.2) is 4.79 Å². The molecule has 0 saturated carbocycles. The van der Waals surface area contributed by atoms with Crippen molar-refractivity contribution in [3.63, 3.8) is 0 Å². The van der Waals surface area contributed by atoms with Crippen LogP contribution in [0.3, 0.4) is 0 Å². The van der Waals surface area contributed by atoms with E-state index >= 15 is 0 Å². The number of thioether (sulfide) groups is 1. The highest BCUT2D eigenvalue weighted by molar-refractivity contribution is 8.00. The molecule has 0 aliphatic carbocycles. The van der Waals surface area contributed by atoms with E-state index in [4.69, 9.17) is 10.8 Å². The first-order chi connectivity index (χ1) is 7.34. The van der Waals surface area contributed by atoms with Crippen LogP contribution in [0.2, 0.25) is 0 Å². The van der Waals surface area contributed by atoms with Gasteiger partial charge < -0.3 is 16.2 Å². The van der Waals surface area contributed by atoms with Crippen LogP contribution in [0.1, 0.15) is 20.3 Å². The fourth-order valence-corrected chi connectivity index (χ4v) is 1.84. The zero-order chi connectivity index (χ0) is 12.7. The molecule has 6 nitrogen and oxygen atoms in total. The van der Waals surface area contributed by atoms with Crippen LogP contribution in [-0.2, 0) is 14.4 Å². The topological polar surface area (TPSA) is 109 Å². The highest BCUT2D eigenvalue weighted by Gasteiger charge is 2.18. The molecule has 0 saturated heterocycles. The summed E-state index contributed by atoms with van der Waals surface area (Å²) >= 11 is 1.27. The molecule has 0 aliphatic heterocycles. The molecule has 16 heavy (non-hydrogen) atoms. The number of carbonyl (C=O) groups is 3. The third kappa shape index (κ3) is 6.28. The lowest BCUT2D eigenvalue weighted by molar-refractivity contribution is -0.141. The molecule has 2 atom stereocenters. The monoisotopic (exact) mass is 248 g/mol. The zero-order valence-corrected chi connectivity index (χ0v) is 10.0. The van der Waals surface area contributed by atoms with Gasteiger partial charge in [0.05, 0.1) is 5.25 Å². The number of rotatable bonds is 7. The van der Waals surface area contributed by atoms with Gasteiger partial charge in [0.15, 0.2) is 0 Å². The molecule has 0 aromatic carbocycles. The molecule has 0 rings (SSSR count). The fraction of sp³-hybridized carbons (Fsp3) is 0.667. The van der Waals surface area contributed by atoms with Crippen LogP contribution in [0, 0.1) is 0 Å². The predicted molar refractivity (Wildman–Crippen MR) is 61.0 cm³/mol. The van der Waals surface area contributed by atoms with Gasteiger partial charge in [-0.15, -0.1) is 11.8 Å². The molecule has 0 bridgehead atoms. The molecule has 0 aliphatic rings. The zero-order valence-electron chi connectivity index (χ0n) is 9.23. The number of nitrogens with two attached hydrogens (primary N) is 1. The second-order valence-corrected chi connectivity index (χ2v) is 4.74. The van der Waals surface area contributed by atoms with E-state index in [2.05, 4.69) is 5.32 Å². The lowest BCUT2D eigenvalue weighted by Crippen LogP contribution is -2.40. The maximum atomic E-state index is 10.7. The van der Waals surface area contributed by atoms with Crippen LogP contribution in [0.4, 0.5) is 0 Å². The number of primary amides is 1. The van der Waals surface area contributed by atoms with Crippen molar-refractivity contribution in [1.82, 2.24) is 5.32 Å². The van der Waals surface area contributed by atoms with Gasteiger partial charge in [-0.1, -0.05) is 0 Å². The number of hydrogen-bond acceptors (Lipinski definition) is 4. The van der Waals surface area contributed by atoms with E-state index in [1.807, 2.05) is 0 Å². The first kappa shape index (κ1) is 14.8. The summed E-state index contributed by atoms with van der Waals surface area (Å²) in [6.45, 7) is 2.91. The molecule has 92 valence electrons. The second kappa shape index (κ2) is 7.10. The van der Waals surface area contributed by atoms with Crippen molar-refractivity contribution in [1.29, 1.82) is 0 Å². The molecule has 0 radical (unpaired) electrons. The van der Waals surface area contributed by atoms with Crippen LogP contribution in [-0.4, -0.2) is 39.9 Å². The summed E-state index contributed by atoms with van der Waals surface area (Å²) in [5.41, 5.74) is 5.05. The standard InChI is InChI=1S/C9H16N2O4S/c1-5(8(10)13)16-4-3-7(9(14)15)11-6(2)12/h5,7H,3-4H2,1-2H3,(H2,10,13)(H,11,12)(H,14,15). The van der Waals surface area contributed by atoms with Gasteiger partial charge in [-0.3, -0.25) is 9.59 Å². The molecule has 2 unspecified atom stereocenters. The normalized spacial score (nSPS) is 13.9. The number of carbonyl (C=O) groups excluding carboxylic acids is 2. The lowest BCUT2D eigenvalue weighted by atomic mass is 10.2. The number of aliphatic carboxylic acids is 1. The van der Waals surface area contributed by atoms with Crippen molar-refractivity contribution in [2.75, 3.05) is 5.75 Å². The average molecular weight is 248 g/mol. The fourth-order valence-electron chi connectivity index (χ4n) is 0.948. The van der Waals surface area contributed by atoms with Crippen LogP contribution in [0.15, 0.2) is 0 Å². The van der Waals surface area contributed by atoms with Crippen LogP contribution >= 0.6 is 11.8 Å². The molecule has 4 N–H and O–H groups in total. The van der Waals surface area contributed by atoms with Gasteiger partial charge in [0.2, 0.25) is 11.8 Å². The van der Waals surface area contributed by atoms with Crippen molar-refractivity contribution in [3.05, 3.63) is 0 Å². The van der Waals surface area contributed by atoms with E-state index in [-0.39, 0.29) is 17.6 Å². The molecular weight excluding hydrogens is 232 g/mol. The minimum Gasteiger partial charge on any atom is -0.480 e. The SMILES string of the molecule is CC(=O)NC(CCSC(C)C(N)=O)C(=O)O. The van der Waals surface area contributed by atoms with Crippen molar-refractivity contribution >= 4 is 29.5 Å². The Morgan fingerprint density at radius 2 is 2.00 bits per heavy atom. The number of nitrogens with one attached hydrogen (secondary N) is 1. The summed E-state index contributed by atoms with van der Waals surface area (Å²) in [5, 5.41) is 10.7. The molecule has 0 aromatic rings.